The van der Waals surface area contributed by atoms with Crippen LogP contribution in [0.5, 0.6) is 0 Å². The molecule has 26 heavy (non-hydrogen) atoms. The van der Waals surface area contributed by atoms with E-state index in [-0.39, 0.29) is 12.0 Å². The molecular formula is C21H29N3O2. The molecule has 0 spiro atoms. The van der Waals surface area contributed by atoms with Crippen LogP contribution < -0.4 is 0 Å². The van der Waals surface area contributed by atoms with E-state index < -0.39 is 0 Å². The second kappa shape index (κ2) is 8.04. The zero-order chi connectivity index (χ0) is 18.7. The second-order valence-corrected chi connectivity index (χ2v) is 7.51. The van der Waals surface area contributed by atoms with Crippen LogP contribution in [0.1, 0.15) is 42.5 Å². The van der Waals surface area contributed by atoms with E-state index >= 15 is 0 Å². The molecule has 1 aromatic heterocycles. The Morgan fingerprint density at radius 2 is 2.00 bits per heavy atom. The predicted octanol–water partition coefficient (Wildman–Crippen LogP) is 3.30. The van der Waals surface area contributed by atoms with Gasteiger partial charge in [0.1, 0.15) is 6.10 Å². The number of amides is 1. The van der Waals surface area contributed by atoms with E-state index in [4.69, 9.17) is 4.74 Å². The molecule has 0 aliphatic carbocycles. The molecule has 1 aliphatic rings. The SMILES string of the molecule is Cc1nn(CC(C)C)c(C)c1CC(=O)N1CCOC(c2ccccc2)C1. The molecule has 1 saturated heterocycles. The summed E-state index contributed by atoms with van der Waals surface area (Å²) < 4.78 is 7.92. The minimum Gasteiger partial charge on any atom is -0.370 e. The summed E-state index contributed by atoms with van der Waals surface area (Å²) >= 11 is 0. The number of hydrogen-bond donors (Lipinski definition) is 0. The Kier molecular flexibility index (Phi) is 5.77. The first-order chi connectivity index (χ1) is 12.5. The van der Waals surface area contributed by atoms with Crippen LogP contribution in [-0.4, -0.2) is 40.3 Å². The van der Waals surface area contributed by atoms with Gasteiger partial charge >= 0.3 is 0 Å². The van der Waals surface area contributed by atoms with Crippen LogP contribution in [-0.2, 0) is 22.5 Å². The van der Waals surface area contributed by atoms with Crippen molar-refractivity contribution in [2.24, 2.45) is 5.92 Å². The van der Waals surface area contributed by atoms with Crippen molar-refractivity contribution in [3.05, 3.63) is 52.8 Å². The number of carbonyl (C=O) groups is 1. The van der Waals surface area contributed by atoms with Gasteiger partial charge in [0.05, 0.1) is 25.3 Å². The van der Waals surface area contributed by atoms with Crippen molar-refractivity contribution in [1.82, 2.24) is 14.7 Å². The number of nitrogens with zero attached hydrogens (tertiary/aromatic N) is 3. The van der Waals surface area contributed by atoms with Crippen molar-refractivity contribution in [3.63, 3.8) is 0 Å². The summed E-state index contributed by atoms with van der Waals surface area (Å²) in [5, 5.41) is 4.63. The molecule has 5 nitrogen and oxygen atoms in total. The molecule has 0 bridgehead atoms. The van der Waals surface area contributed by atoms with E-state index in [1.54, 1.807) is 0 Å². The lowest BCUT2D eigenvalue weighted by Crippen LogP contribution is -2.43. The molecule has 1 unspecified atom stereocenters. The molecule has 0 radical (unpaired) electrons. The van der Waals surface area contributed by atoms with Gasteiger partial charge in [-0.15, -0.1) is 0 Å². The molecule has 1 fully saturated rings. The molecule has 2 aromatic rings. The van der Waals surface area contributed by atoms with Crippen LogP contribution in [0.4, 0.5) is 0 Å². The smallest absolute Gasteiger partial charge is 0.227 e. The number of aromatic nitrogens is 2. The lowest BCUT2D eigenvalue weighted by molar-refractivity contribution is -0.138. The van der Waals surface area contributed by atoms with Crippen molar-refractivity contribution in [1.29, 1.82) is 0 Å². The maximum atomic E-state index is 12.9. The van der Waals surface area contributed by atoms with Gasteiger partial charge in [-0.1, -0.05) is 44.2 Å². The van der Waals surface area contributed by atoms with Gasteiger partial charge in [-0.3, -0.25) is 9.48 Å². The number of carbonyl (C=O) groups excluding carboxylic acids is 1. The van der Waals surface area contributed by atoms with Gasteiger partial charge in [0, 0.05) is 24.3 Å². The highest BCUT2D eigenvalue weighted by Crippen LogP contribution is 2.23. The van der Waals surface area contributed by atoms with Crippen molar-refractivity contribution < 1.29 is 9.53 Å². The first-order valence-corrected chi connectivity index (χ1v) is 9.43. The number of hydrogen-bond acceptors (Lipinski definition) is 3. The molecule has 140 valence electrons. The third-order valence-corrected chi connectivity index (χ3v) is 4.99. The Morgan fingerprint density at radius 3 is 2.69 bits per heavy atom. The summed E-state index contributed by atoms with van der Waals surface area (Å²) in [7, 11) is 0. The predicted molar refractivity (Wildman–Crippen MR) is 102 cm³/mol. The average Bonchev–Trinajstić information content (AvgIpc) is 2.89. The van der Waals surface area contributed by atoms with Crippen LogP contribution >= 0.6 is 0 Å². The number of aryl methyl sites for hydroxylation is 1. The molecule has 1 aromatic carbocycles. The fraction of sp³-hybridized carbons (Fsp3) is 0.524. The highest BCUT2D eigenvalue weighted by atomic mass is 16.5. The standard InChI is InChI=1S/C21H29N3O2/c1-15(2)13-24-17(4)19(16(3)22-24)12-21(25)23-10-11-26-20(14-23)18-8-6-5-7-9-18/h5-9,15,20H,10-14H2,1-4H3. The third kappa shape index (κ3) is 4.15. The summed E-state index contributed by atoms with van der Waals surface area (Å²) in [6.45, 7) is 11.2. The Labute approximate surface area is 156 Å². The zero-order valence-corrected chi connectivity index (χ0v) is 16.2. The summed E-state index contributed by atoms with van der Waals surface area (Å²) in [4.78, 5) is 14.8. The minimum atomic E-state index is -0.0419. The Morgan fingerprint density at radius 1 is 1.27 bits per heavy atom. The Bertz CT molecular complexity index is 752. The van der Waals surface area contributed by atoms with E-state index in [9.17, 15) is 4.79 Å². The first-order valence-electron chi connectivity index (χ1n) is 9.43. The lowest BCUT2D eigenvalue weighted by atomic mass is 10.1. The summed E-state index contributed by atoms with van der Waals surface area (Å²) in [6, 6.07) is 10.1. The molecule has 0 saturated carbocycles. The van der Waals surface area contributed by atoms with Gasteiger partial charge in [-0.05, 0) is 25.3 Å². The van der Waals surface area contributed by atoms with Gasteiger partial charge in [0.15, 0.2) is 0 Å². The molecular weight excluding hydrogens is 326 g/mol. The van der Waals surface area contributed by atoms with E-state index in [1.807, 2.05) is 34.7 Å². The van der Waals surface area contributed by atoms with Crippen molar-refractivity contribution in [3.8, 4) is 0 Å². The van der Waals surface area contributed by atoms with Crippen molar-refractivity contribution in [2.45, 2.75) is 46.8 Å². The van der Waals surface area contributed by atoms with Gasteiger partial charge in [-0.25, -0.2) is 0 Å². The summed E-state index contributed by atoms with van der Waals surface area (Å²) in [5.41, 5.74) is 4.27. The largest absolute Gasteiger partial charge is 0.370 e. The first kappa shape index (κ1) is 18.6. The molecule has 1 amide bonds. The quantitative estimate of drug-likeness (QED) is 0.827. The molecule has 3 rings (SSSR count). The highest BCUT2D eigenvalue weighted by molar-refractivity contribution is 5.79. The highest BCUT2D eigenvalue weighted by Gasteiger charge is 2.26. The molecule has 0 N–H and O–H groups in total. The van der Waals surface area contributed by atoms with Crippen LogP contribution in [0, 0.1) is 19.8 Å². The topological polar surface area (TPSA) is 47.4 Å². The molecule has 1 atom stereocenters. The van der Waals surface area contributed by atoms with E-state index in [1.165, 1.54) is 0 Å². The van der Waals surface area contributed by atoms with Crippen LogP contribution in [0.25, 0.3) is 0 Å². The number of ether oxygens (including phenoxy) is 1. The lowest BCUT2D eigenvalue weighted by Gasteiger charge is -2.33. The summed E-state index contributed by atoms with van der Waals surface area (Å²) in [6.07, 6.45) is 0.372. The normalized spacial score (nSPS) is 17.7. The number of benzene rings is 1. The Hall–Kier alpha value is -2.14. The van der Waals surface area contributed by atoms with Crippen molar-refractivity contribution in [2.75, 3.05) is 19.7 Å². The second-order valence-electron chi connectivity index (χ2n) is 7.51. The minimum absolute atomic E-state index is 0.0419. The van der Waals surface area contributed by atoms with E-state index in [0.29, 0.717) is 32.0 Å². The van der Waals surface area contributed by atoms with Crippen LogP contribution in [0.15, 0.2) is 30.3 Å². The molecule has 1 aliphatic heterocycles. The number of morpholine rings is 1. The fourth-order valence-corrected chi connectivity index (χ4v) is 3.52. The van der Waals surface area contributed by atoms with Crippen LogP contribution in [0.3, 0.4) is 0 Å². The van der Waals surface area contributed by atoms with Gasteiger partial charge in [-0.2, -0.15) is 5.10 Å². The summed E-state index contributed by atoms with van der Waals surface area (Å²) in [5.74, 6) is 0.687. The maximum absolute atomic E-state index is 12.9. The molecule has 5 heteroatoms. The zero-order valence-electron chi connectivity index (χ0n) is 16.2. The molecule has 2 heterocycles. The average molecular weight is 355 g/mol. The number of rotatable bonds is 5. The van der Waals surface area contributed by atoms with Gasteiger partial charge < -0.3 is 9.64 Å². The Balaban J connectivity index is 1.69. The van der Waals surface area contributed by atoms with E-state index in [0.717, 1.165) is 29.1 Å². The van der Waals surface area contributed by atoms with Crippen LogP contribution in [0.2, 0.25) is 0 Å². The van der Waals surface area contributed by atoms with Crippen molar-refractivity contribution >= 4 is 5.91 Å². The maximum Gasteiger partial charge on any atom is 0.227 e. The van der Waals surface area contributed by atoms with E-state index in [2.05, 4.69) is 38.0 Å². The van der Waals surface area contributed by atoms with Gasteiger partial charge in [0.25, 0.3) is 0 Å². The third-order valence-electron chi connectivity index (χ3n) is 4.99. The monoisotopic (exact) mass is 355 g/mol. The van der Waals surface area contributed by atoms with Gasteiger partial charge in [0.2, 0.25) is 5.91 Å². The fourth-order valence-electron chi connectivity index (χ4n) is 3.52.